The number of anilines is 3. The molecule has 0 aliphatic carbocycles. The number of para-hydroxylation sites is 2. The van der Waals surface area contributed by atoms with Gasteiger partial charge in [-0.2, -0.15) is 0 Å². The highest BCUT2D eigenvalue weighted by molar-refractivity contribution is 6.09. The lowest BCUT2D eigenvalue weighted by Gasteiger charge is -2.26. The average molecular weight is 816 g/mol. The second-order valence-electron chi connectivity index (χ2n) is 16.5. The van der Waals surface area contributed by atoms with E-state index in [1.54, 1.807) is 0 Å². The lowest BCUT2D eigenvalue weighted by atomic mass is 9.92. The van der Waals surface area contributed by atoms with Crippen molar-refractivity contribution >= 4 is 60.5 Å². The van der Waals surface area contributed by atoms with Gasteiger partial charge in [0.25, 0.3) is 0 Å². The van der Waals surface area contributed by atoms with Gasteiger partial charge in [-0.15, -0.1) is 0 Å². The van der Waals surface area contributed by atoms with Crippen LogP contribution in [-0.2, 0) is 0 Å². The van der Waals surface area contributed by atoms with E-state index in [1.807, 2.05) is 12.1 Å². The predicted molar refractivity (Wildman–Crippen MR) is 271 cm³/mol. The van der Waals surface area contributed by atoms with Gasteiger partial charge in [-0.3, -0.25) is 0 Å². The summed E-state index contributed by atoms with van der Waals surface area (Å²) in [5, 5.41) is 7.25. The molecule has 0 atom stereocenters. The van der Waals surface area contributed by atoms with Gasteiger partial charge >= 0.3 is 0 Å². The Bertz CT molecular complexity index is 3640. The standard InChI is InChI=1S/C62H41NO/c1-3-12-49-40-51(26-22-42(49)10-1)46-30-36-54(37-31-46)63(55-38-32-48(33-39-55)58-17-9-18-60-59-16-7-8-19-61(59)64-62(58)60)53-34-28-45(29-35-53)44-20-24-47(25-21-44)56-14-5-6-15-57(56)52-27-23-43-11-2-4-13-50(43)41-52/h1-41H. The fourth-order valence-electron chi connectivity index (χ4n) is 9.37. The van der Waals surface area contributed by atoms with Crippen LogP contribution in [0.25, 0.3) is 99.1 Å². The average Bonchev–Trinajstić information content (AvgIpc) is 3.76. The van der Waals surface area contributed by atoms with Crippen LogP contribution in [0.15, 0.2) is 253 Å². The Morgan fingerprint density at radius 3 is 1.27 bits per heavy atom. The summed E-state index contributed by atoms with van der Waals surface area (Å²) in [5.74, 6) is 0. The minimum Gasteiger partial charge on any atom is -0.455 e. The monoisotopic (exact) mass is 815 g/mol. The van der Waals surface area contributed by atoms with E-state index in [-0.39, 0.29) is 0 Å². The Balaban J connectivity index is 0.878. The zero-order valence-corrected chi connectivity index (χ0v) is 35.0. The number of fused-ring (bicyclic) bond motifs is 5. The van der Waals surface area contributed by atoms with Crippen molar-refractivity contribution in [1.82, 2.24) is 0 Å². The molecule has 12 aromatic rings. The van der Waals surface area contributed by atoms with Crippen LogP contribution >= 0.6 is 0 Å². The molecule has 0 amide bonds. The molecule has 0 N–H and O–H groups in total. The summed E-state index contributed by atoms with van der Waals surface area (Å²) in [5.41, 5.74) is 16.8. The van der Waals surface area contributed by atoms with Gasteiger partial charge in [0.1, 0.15) is 11.2 Å². The minimum atomic E-state index is 0.904. The molecule has 300 valence electrons. The minimum absolute atomic E-state index is 0.904. The van der Waals surface area contributed by atoms with Gasteiger partial charge in [-0.05, 0) is 126 Å². The molecule has 0 saturated heterocycles. The Morgan fingerprint density at radius 2 is 0.641 bits per heavy atom. The highest BCUT2D eigenvalue weighted by Gasteiger charge is 2.17. The van der Waals surface area contributed by atoms with Gasteiger partial charge in [0.15, 0.2) is 0 Å². The summed E-state index contributed by atoms with van der Waals surface area (Å²) in [6, 6.07) is 89.6. The van der Waals surface area contributed by atoms with Crippen molar-refractivity contribution in [3.63, 3.8) is 0 Å². The summed E-state index contributed by atoms with van der Waals surface area (Å²) in [7, 11) is 0. The molecular weight excluding hydrogens is 775 g/mol. The maximum Gasteiger partial charge on any atom is 0.143 e. The zero-order chi connectivity index (χ0) is 42.4. The molecule has 1 heterocycles. The second-order valence-corrected chi connectivity index (χ2v) is 16.5. The van der Waals surface area contributed by atoms with E-state index in [1.165, 1.54) is 66.1 Å². The van der Waals surface area contributed by atoms with Crippen LogP contribution in [0.3, 0.4) is 0 Å². The van der Waals surface area contributed by atoms with Gasteiger partial charge in [0, 0.05) is 33.4 Å². The second kappa shape index (κ2) is 15.8. The largest absolute Gasteiger partial charge is 0.455 e. The zero-order valence-electron chi connectivity index (χ0n) is 35.0. The Kier molecular flexibility index (Phi) is 9.20. The highest BCUT2D eigenvalue weighted by atomic mass is 16.3. The van der Waals surface area contributed by atoms with E-state index in [9.17, 15) is 0 Å². The van der Waals surface area contributed by atoms with Crippen LogP contribution < -0.4 is 4.90 Å². The van der Waals surface area contributed by atoms with Crippen LogP contribution in [0.4, 0.5) is 17.1 Å². The van der Waals surface area contributed by atoms with Gasteiger partial charge in [-0.25, -0.2) is 0 Å². The summed E-state index contributed by atoms with van der Waals surface area (Å²) in [6.45, 7) is 0. The number of hydrogen-bond donors (Lipinski definition) is 0. The van der Waals surface area contributed by atoms with Crippen molar-refractivity contribution in [3.8, 4) is 55.6 Å². The van der Waals surface area contributed by atoms with E-state index >= 15 is 0 Å². The SMILES string of the molecule is c1ccc(-c2ccc3ccccc3c2)c(-c2ccc(-c3ccc(N(c4ccc(-c5ccc6ccccc6c5)cc4)c4ccc(-c5cccc6c5oc5ccccc56)cc4)cc3)cc2)c1. The number of hydrogen-bond acceptors (Lipinski definition) is 2. The van der Waals surface area contributed by atoms with Crippen LogP contribution in [0.5, 0.6) is 0 Å². The third-order valence-corrected chi connectivity index (χ3v) is 12.7. The topological polar surface area (TPSA) is 16.4 Å². The fourth-order valence-corrected chi connectivity index (χ4v) is 9.37. The predicted octanol–water partition coefficient (Wildman–Crippen LogP) is 17.7. The molecular formula is C62H41NO. The van der Waals surface area contributed by atoms with Crippen LogP contribution in [-0.4, -0.2) is 0 Å². The first-order chi connectivity index (χ1) is 31.7. The molecule has 12 rings (SSSR count). The van der Waals surface area contributed by atoms with E-state index in [4.69, 9.17) is 4.42 Å². The number of furan rings is 1. The normalized spacial score (nSPS) is 11.4. The first kappa shape index (κ1) is 37.3. The van der Waals surface area contributed by atoms with E-state index in [0.29, 0.717) is 0 Å². The third-order valence-electron chi connectivity index (χ3n) is 12.7. The van der Waals surface area contributed by atoms with Gasteiger partial charge in [-0.1, -0.05) is 194 Å². The lowest BCUT2D eigenvalue weighted by Crippen LogP contribution is -2.09. The third kappa shape index (κ3) is 6.79. The van der Waals surface area contributed by atoms with Crippen molar-refractivity contribution in [2.24, 2.45) is 0 Å². The highest BCUT2D eigenvalue weighted by Crippen LogP contribution is 2.41. The van der Waals surface area contributed by atoms with Crippen LogP contribution in [0, 0.1) is 0 Å². The maximum atomic E-state index is 6.43. The first-order valence-corrected chi connectivity index (χ1v) is 21.9. The molecule has 0 bridgehead atoms. The molecule has 0 unspecified atom stereocenters. The van der Waals surface area contributed by atoms with Crippen LogP contribution in [0.2, 0.25) is 0 Å². The van der Waals surface area contributed by atoms with Gasteiger partial charge in [0.2, 0.25) is 0 Å². The van der Waals surface area contributed by atoms with Crippen molar-refractivity contribution < 1.29 is 4.42 Å². The molecule has 0 aliphatic heterocycles. The molecule has 11 aromatic carbocycles. The number of benzene rings is 11. The Hall–Kier alpha value is -8.46. The van der Waals surface area contributed by atoms with Crippen molar-refractivity contribution in [2.45, 2.75) is 0 Å². The molecule has 64 heavy (non-hydrogen) atoms. The smallest absolute Gasteiger partial charge is 0.143 e. The number of rotatable bonds is 8. The van der Waals surface area contributed by atoms with E-state index < -0.39 is 0 Å². The fraction of sp³-hybridized carbons (Fsp3) is 0. The Morgan fingerprint density at radius 1 is 0.250 bits per heavy atom. The van der Waals surface area contributed by atoms with E-state index in [0.717, 1.165) is 50.1 Å². The number of nitrogens with zero attached hydrogens (tertiary/aromatic N) is 1. The molecule has 0 radical (unpaired) electrons. The van der Waals surface area contributed by atoms with Gasteiger partial charge < -0.3 is 9.32 Å². The molecule has 0 aliphatic rings. The molecule has 0 fully saturated rings. The lowest BCUT2D eigenvalue weighted by molar-refractivity contribution is 0.670. The quantitative estimate of drug-likeness (QED) is 0.152. The summed E-state index contributed by atoms with van der Waals surface area (Å²) in [6.07, 6.45) is 0. The van der Waals surface area contributed by atoms with Crippen molar-refractivity contribution in [3.05, 3.63) is 249 Å². The van der Waals surface area contributed by atoms with Gasteiger partial charge in [0.05, 0.1) is 0 Å². The van der Waals surface area contributed by atoms with E-state index in [2.05, 4.69) is 241 Å². The summed E-state index contributed by atoms with van der Waals surface area (Å²) in [4.78, 5) is 2.34. The van der Waals surface area contributed by atoms with Crippen molar-refractivity contribution in [1.29, 1.82) is 0 Å². The Labute approximate surface area is 372 Å². The molecule has 2 nitrogen and oxygen atoms in total. The molecule has 1 aromatic heterocycles. The molecule has 2 heteroatoms. The molecule has 0 saturated carbocycles. The first-order valence-electron chi connectivity index (χ1n) is 21.9. The van der Waals surface area contributed by atoms with Crippen molar-refractivity contribution in [2.75, 3.05) is 4.90 Å². The maximum absolute atomic E-state index is 6.43. The summed E-state index contributed by atoms with van der Waals surface area (Å²) >= 11 is 0. The summed E-state index contributed by atoms with van der Waals surface area (Å²) < 4.78 is 6.43. The molecule has 0 spiro atoms. The van der Waals surface area contributed by atoms with Crippen LogP contribution in [0.1, 0.15) is 0 Å².